The quantitative estimate of drug-likeness (QED) is 0.712. The minimum absolute atomic E-state index is 0.119. The maximum absolute atomic E-state index is 12.6. The molecule has 0 saturated heterocycles. The minimum Gasteiger partial charge on any atom is -0.497 e. The molecule has 0 aliphatic carbocycles. The van der Waals surface area contributed by atoms with E-state index in [0.717, 1.165) is 5.30 Å². The molecule has 2 rings (SSSR count). The molecule has 0 saturated carbocycles. The topological polar surface area (TPSA) is 35.5 Å². The zero-order chi connectivity index (χ0) is 16.1. The van der Waals surface area contributed by atoms with E-state index in [9.17, 15) is 4.79 Å². The van der Waals surface area contributed by atoms with Crippen LogP contribution in [0.2, 0.25) is 10.0 Å². The Morgan fingerprint density at radius 3 is 2.41 bits per heavy atom. The van der Waals surface area contributed by atoms with Crippen molar-refractivity contribution in [2.24, 2.45) is 0 Å². The summed E-state index contributed by atoms with van der Waals surface area (Å²) in [6, 6.07) is 10.6. The fourth-order valence-corrected chi connectivity index (χ4v) is 3.82. The molecular formula is C16H15Cl2O3P. The Morgan fingerprint density at radius 1 is 1.18 bits per heavy atom. The molecule has 0 radical (unpaired) electrons. The fraction of sp³-hybridized carbons (Fsp3) is 0.188. The van der Waals surface area contributed by atoms with Gasteiger partial charge in [0.2, 0.25) is 0 Å². The molecular weight excluding hydrogens is 342 g/mol. The van der Waals surface area contributed by atoms with E-state index in [4.69, 9.17) is 32.7 Å². The van der Waals surface area contributed by atoms with Crippen molar-refractivity contribution in [3.05, 3.63) is 52.0 Å². The number of hydrogen-bond donors (Lipinski definition) is 0. The van der Waals surface area contributed by atoms with Crippen LogP contribution in [-0.4, -0.2) is 19.2 Å². The van der Waals surface area contributed by atoms with Crippen LogP contribution in [0.3, 0.4) is 0 Å². The highest BCUT2D eigenvalue weighted by atomic mass is 35.5. The van der Waals surface area contributed by atoms with Crippen LogP contribution in [0.1, 0.15) is 17.3 Å². The number of methoxy groups -OCH3 is 1. The molecule has 6 heteroatoms. The smallest absolute Gasteiger partial charge is 0.188 e. The second kappa shape index (κ2) is 7.82. The average molecular weight is 357 g/mol. The van der Waals surface area contributed by atoms with E-state index >= 15 is 0 Å². The van der Waals surface area contributed by atoms with E-state index < -0.39 is 0 Å². The molecule has 0 spiro atoms. The highest BCUT2D eigenvalue weighted by molar-refractivity contribution is 7.66. The molecule has 1 unspecified atom stereocenters. The van der Waals surface area contributed by atoms with E-state index in [1.807, 2.05) is 31.2 Å². The first kappa shape index (κ1) is 17.1. The van der Waals surface area contributed by atoms with E-state index in [2.05, 4.69) is 0 Å². The van der Waals surface area contributed by atoms with Crippen molar-refractivity contribution < 1.29 is 14.3 Å². The molecule has 2 aromatic rings. The number of para-hydroxylation sites is 1. The van der Waals surface area contributed by atoms with Crippen LogP contribution in [0.5, 0.6) is 11.5 Å². The molecule has 3 nitrogen and oxygen atoms in total. The van der Waals surface area contributed by atoms with Gasteiger partial charge in [-0.2, -0.15) is 0 Å². The third kappa shape index (κ3) is 3.92. The predicted molar refractivity (Wildman–Crippen MR) is 92.9 cm³/mol. The summed E-state index contributed by atoms with van der Waals surface area (Å²) in [6.45, 7) is 2.44. The summed E-state index contributed by atoms with van der Waals surface area (Å²) in [5, 5.41) is 1.41. The van der Waals surface area contributed by atoms with Crippen LogP contribution in [0.25, 0.3) is 0 Å². The molecule has 116 valence electrons. The van der Waals surface area contributed by atoms with E-state index in [-0.39, 0.29) is 24.2 Å². The molecule has 0 heterocycles. The van der Waals surface area contributed by atoms with Gasteiger partial charge in [0.05, 0.1) is 29.3 Å². The van der Waals surface area contributed by atoms with Gasteiger partial charge in [0, 0.05) is 5.30 Å². The number of carbonyl (C=O) groups is 1. The lowest BCUT2D eigenvalue weighted by molar-refractivity contribution is 0.108. The Morgan fingerprint density at radius 2 is 1.82 bits per heavy atom. The van der Waals surface area contributed by atoms with Crippen molar-refractivity contribution in [3.63, 3.8) is 0 Å². The van der Waals surface area contributed by atoms with Gasteiger partial charge in [0.25, 0.3) is 0 Å². The van der Waals surface area contributed by atoms with Crippen LogP contribution in [0.15, 0.2) is 36.4 Å². The fourth-order valence-electron chi connectivity index (χ4n) is 1.92. The molecule has 0 amide bonds. The van der Waals surface area contributed by atoms with Gasteiger partial charge in [0.1, 0.15) is 11.5 Å². The standard InChI is InChI=1S/C16H15Cl2O3P/c1-3-21-13-6-4-5-7-14(13)22-16(19)15-11(17)8-10(20-2)9-12(15)18/h4-9,22H,3H2,1-2H3. The van der Waals surface area contributed by atoms with Crippen molar-refractivity contribution in [2.45, 2.75) is 6.92 Å². The second-order valence-corrected chi connectivity index (χ2v) is 6.41. The lowest BCUT2D eigenvalue weighted by Crippen LogP contribution is -2.07. The highest BCUT2D eigenvalue weighted by Crippen LogP contribution is 2.35. The summed E-state index contributed by atoms with van der Waals surface area (Å²) in [4.78, 5) is 12.6. The van der Waals surface area contributed by atoms with E-state index in [1.54, 1.807) is 12.1 Å². The molecule has 1 atom stereocenters. The predicted octanol–water partition coefficient (Wildman–Crippen LogP) is 4.54. The van der Waals surface area contributed by atoms with Crippen LogP contribution in [0.4, 0.5) is 0 Å². The zero-order valence-corrected chi connectivity index (χ0v) is 14.7. The molecule has 22 heavy (non-hydrogen) atoms. The number of halogens is 2. The molecule has 0 aromatic heterocycles. The summed E-state index contributed by atoms with van der Waals surface area (Å²) in [5.74, 6) is 1.22. The normalized spacial score (nSPS) is 10.9. The van der Waals surface area contributed by atoms with E-state index in [0.29, 0.717) is 23.7 Å². The first-order valence-corrected chi connectivity index (χ1v) is 8.38. The maximum Gasteiger partial charge on any atom is 0.188 e. The van der Waals surface area contributed by atoms with Crippen LogP contribution >= 0.6 is 31.8 Å². The van der Waals surface area contributed by atoms with Crippen molar-refractivity contribution >= 4 is 42.6 Å². The Labute approximate surface area is 141 Å². The summed E-state index contributed by atoms with van der Waals surface area (Å²) >= 11 is 12.3. The Bertz CT molecular complexity index is 666. The third-order valence-electron chi connectivity index (χ3n) is 2.91. The summed E-state index contributed by atoms with van der Waals surface area (Å²) in [6.07, 6.45) is 0. The number of rotatable bonds is 6. The molecule has 0 fully saturated rings. The van der Waals surface area contributed by atoms with Gasteiger partial charge in [-0.1, -0.05) is 41.4 Å². The summed E-state index contributed by atoms with van der Waals surface area (Å²) in [7, 11) is 1.40. The summed E-state index contributed by atoms with van der Waals surface area (Å²) < 4.78 is 10.6. The van der Waals surface area contributed by atoms with Crippen molar-refractivity contribution in [1.29, 1.82) is 0 Å². The van der Waals surface area contributed by atoms with Crippen molar-refractivity contribution in [3.8, 4) is 11.5 Å². The highest BCUT2D eigenvalue weighted by Gasteiger charge is 2.18. The van der Waals surface area contributed by atoms with Crippen molar-refractivity contribution in [2.75, 3.05) is 13.7 Å². The monoisotopic (exact) mass is 356 g/mol. The first-order valence-electron chi connectivity index (χ1n) is 6.63. The number of hydrogen-bond acceptors (Lipinski definition) is 3. The zero-order valence-electron chi connectivity index (χ0n) is 12.2. The Kier molecular flexibility index (Phi) is 6.07. The number of benzene rings is 2. The average Bonchev–Trinajstić information content (AvgIpc) is 2.48. The third-order valence-corrected chi connectivity index (χ3v) is 4.67. The minimum atomic E-state index is -0.134. The molecule has 0 aliphatic rings. The lowest BCUT2D eigenvalue weighted by Gasteiger charge is -2.11. The SMILES string of the molecule is CCOc1ccccc1PC(=O)c1c(Cl)cc(OC)cc1Cl. The van der Waals surface area contributed by atoms with Gasteiger partial charge in [-0.15, -0.1) is 0 Å². The van der Waals surface area contributed by atoms with Crippen molar-refractivity contribution in [1.82, 2.24) is 0 Å². The second-order valence-electron chi connectivity index (χ2n) is 4.35. The van der Waals surface area contributed by atoms with Crippen LogP contribution in [-0.2, 0) is 0 Å². The molecule has 2 aromatic carbocycles. The lowest BCUT2D eigenvalue weighted by atomic mass is 10.2. The Balaban J connectivity index is 2.30. The molecule has 0 N–H and O–H groups in total. The van der Waals surface area contributed by atoms with Gasteiger partial charge in [0.15, 0.2) is 5.52 Å². The molecule has 0 bridgehead atoms. The van der Waals surface area contributed by atoms with Crippen LogP contribution < -0.4 is 14.8 Å². The summed E-state index contributed by atoms with van der Waals surface area (Å²) in [5.41, 5.74) is 0.179. The maximum atomic E-state index is 12.6. The van der Waals surface area contributed by atoms with E-state index in [1.165, 1.54) is 7.11 Å². The first-order chi connectivity index (χ1) is 10.6. The molecule has 0 aliphatic heterocycles. The van der Waals surface area contributed by atoms with Gasteiger partial charge < -0.3 is 9.47 Å². The van der Waals surface area contributed by atoms with Gasteiger partial charge in [-0.05, 0) is 33.7 Å². The van der Waals surface area contributed by atoms with Gasteiger partial charge in [-0.3, -0.25) is 4.79 Å². The van der Waals surface area contributed by atoms with Gasteiger partial charge >= 0.3 is 0 Å². The van der Waals surface area contributed by atoms with Gasteiger partial charge in [-0.25, -0.2) is 0 Å². The number of carbonyl (C=O) groups excluding carboxylic acids is 1. The largest absolute Gasteiger partial charge is 0.497 e. The van der Waals surface area contributed by atoms with Crippen LogP contribution in [0, 0.1) is 0 Å². The Hall–Kier alpha value is -1.28. The number of ether oxygens (including phenoxy) is 2.